The molecule has 0 aromatic heterocycles. The minimum Gasteiger partial charge on any atom is -0.211 e. The van der Waals surface area contributed by atoms with E-state index in [0.29, 0.717) is 6.54 Å². The van der Waals surface area contributed by atoms with Gasteiger partial charge >= 0.3 is 0 Å². The van der Waals surface area contributed by atoms with Crippen molar-refractivity contribution in [2.24, 2.45) is 4.99 Å². The van der Waals surface area contributed by atoms with Crippen molar-refractivity contribution >= 4 is 6.08 Å². The molecule has 50 valence electrons. The second-order valence-corrected chi connectivity index (χ2v) is 1.86. The molecule has 0 aliphatic heterocycles. The van der Waals surface area contributed by atoms with Crippen LogP contribution in [-0.2, 0) is 4.79 Å². The molecule has 0 atom stereocenters. The van der Waals surface area contributed by atoms with Gasteiger partial charge in [0.05, 0.1) is 6.54 Å². The Labute approximate surface area is 55.3 Å². The molecule has 0 fully saturated rings. The summed E-state index contributed by atoms with van der Waals surface area (Å²) in [4.78, 5) is 13.0. The molecular weight excluding hydrogens is 114 g/mol. The van der Waals surface area contributed by atoms with Crippen LogP contribution in [0.25, 0.3) is 0 Å². The van der Waals surface area contributed by atoms with Crippen LogP contribution in [0.3, 0.4) is 0 Å². The van der Waals surface area contributed by atoms with Gasteiger partial charge in [-0.3, -0.25) is 0 Å². The fourth-order valence-electron chi connectivity index (χ4n) is 0.422. The van der Waals surface area contributed by atoms with Crippen LogP contribution < -0.4 is 0 Å². The maximum Gasteiger partial charge on any atom is 0.234 e. The van der Waals surface area contributed by atoms with Crippen molar-refractivity contribution in [1.82, 2.24) is 0 Å². The summed E-state index contributed by atoms with van der Waals surface area (Å²) in [5.74, 6) is 0. The lowest BCUT2D eigenvalue weighted by molar-refractivity contribution is 0.563. The highest BCUT2D eigenvalue weighted by atomic mass is 16.1. The van der Waals surface area contributed by atoms with Gasteiger partial charge in [-0.2, -0.15) is 0 Å². The molecule has 2 nitrogen and oxygen atoms in total. The summed E-state index contributed by atoms with van der Waals surface area (Å²) in [7, 11) is 0. The Kier molecular flexibility index (Phi) is 4.75. The lowest BCUT2D eigenvalue weighted by atomic mass is 10.2. The van der Waals surface area contributed by atoms with E-state index in [-0.39, 0.29) is 0 Å². The van der Waals surface area contributed by atoms with E-state index in [4.69, 9.17) is 0 Å². The van der Waals surface area contributed by atoms with E-state index in [1.807, 2.05) is 19.9 Å². The highest BCUT2D eigenvalue weighted by molar-refractivity contribution is 5.32. The minimum absolute atomic E-state index is 0.569. The molecule has 0 aliphatic rings. The number of hydrogen-bond donors (Lipinski definition) is 0. The smallest absolute Gasteiger partial charge is 0.211 e. The Balaban J connectivity index is 3.39. The van der Waals surface area contributed by atoms with Crippen LogP contribution in [0.15, 0.2) is 16.6 Å². The number of aliphatic imine (C=N–C) groups is 1. The first kappa shape index (κ1) is 8.12. The van der Waals surface area contributed by atoms with Crippen molar-refractivity contribution in [3.05, 3.63) is 11.6 Å². The normalized spacial score (nSPS) is 10.7. The monoisotopic (exact) mass is 125 g/mol. The maximum atomic E-state index is 9.56. The van der Waals surface area contributed by atoms with Crippen LogP contribution in [-0.4, -0.2) is 12.6 Å². The quantitative estimate of drug-likeness (QED) is 0.320. The molecule has 9 heavy (non-hydrogen) atoms. The standard InChI is InChI=1S/C7H11NO/c1-3-7(2)4-5-8-6-9/h3H,4-5H2,1-2H3. The highest BCUT2D eigenvalue weighted by Crippen LogP contribution is 1.97. The molecule has 0 rings (SSSR count). The summed E-state index contributed by atoms with van der Waals surface area (Å²) in [5.41, 5.74) is 1.26. The molecular formula is C7H11NO. The number of carbonyl (C=O) groups excluding carboxylic acids is 1. The van der Waals surface area contributed by atoms with Crippen molar-refractivity contribution in [3.8, 4) is 0 Å². The Morgan fingerprint density at radius 1 is 1.78 bits per heavy atom. The third-order valence-corrected chi connectivity index (χ3v) is 1.18. The second kappa shape index (κ2) is 5.26. The lowest BCUT2D eigenvalue weighted by Crippen LogP contribution is -1.80. The molecule has 0 bridgehead atoms. The molecule has 0 spiro atoms. The molecule has 2 heteroatoms. The van der Waals surface area contributed by atoms with Crippen LogP contribution >= 0.6 is 0 Å². The zero-order valence-electron chi connectivity index (χ0n) is 5.85. The summed E-state index contributed by atoms with van der Waals surface area (Å²) >= 11 is 0. The largest absolute Gasteiger partial charge is 0.234 e. The molecule has 0 N–H and O–H groups in total. The molecule has 0 aromatic rings. The summed E-state index contributed by atoms with van der Waals surface area (Å²) in [6.45, 7) is 4.56. The molecule has 0 aliphatic carbocycles. The third kappa shape index (κ3) is 4.98. The molecule has 0 radical (unpaired) electrons. The summed E-state index contributed by atoms with van der Waals surface area (Å²) in [6, 6.07) is 0. The Morgan fingerprint density at radius 2 is 2.44 bits per heavy atom. The summed E-state index contributed by atoms with van der Waals surface area (Å²) < 4.78 is 0. The molecule has 0 saturated carbocycles. The zero-order valence-corrected chi connectivity index (χ0v) is 5.85. The molecule has 0 aromatic carbocycles. The van der Waals surface area contributed by atoms with Crippen molar-refractivity contribution in [3.63, 3.8) is 0 Å². The number of rotatable bonds is 3. The molecule has 0 heterocycles. The van der Waals surface area contributed by atoms with Gasteiger partial charge in [0.15, 0.2) is 0 Å². The highest BCUT2D eigenvalue weighted by Gasteiger charge is 1.83. The average molecular weight is 125 g/mol. The van der Waals surface area contributed by atoms with Gasteiger partial charge in [0.2, 0.25) is 6.08 Å². The van der Waals surface area contributed by atoms with Gasteiger partial charge in [-0.1, -0.05) is 11.6 Å². The summed E-state index contributed by atoms with van der Waals surface area (Å²) in [6.07, 6.45) is 4.38. The average Bonchev–Trinajstić information content (AvgIpc) is 1.89. The SMILES string of the molecule is CC=C(C)CCN=C=O. The molecule has 0 unspecified atom stereocenters. The van der Waals surface area contributed by atoms with Crippen LogP contribution in [0.4, 0.5) is 0 Å². The van der Waals surface area contributed by atoms with Gasteiger partial charge in [-0.25, -0.2) is 9.79 Å². The number of isocyanates is 1. The first-order valence-corrected chi connectivity index (χ1v) is 2.96. The Morgan fingerprint density at radius 3 is 2.89 bits per heavy atom. The number of allylic oxidation sites excluding steroid dienone is 1. The van der Waals surface area contributed by atoms with Gasteiger partial charge in [0.1, 0.15) is 0 Å². The van der Waals surface area contributed by atoms with Crippen molar-refractivity contribution in [2.75, 3.05) is 6.54 Å². The van der Waals surface area contributed by atoms with E-state index in [1.165, 1.54) is 11.7 Å². The first-order chi connectivity index (χ1) is 4.31. The Hall–Kier alpha value is -0.880. The van der Waals surface area contributed by atoms with Crippen molar-refractivity contribution in [1.29, 1.82) is 0 Å². The van der Waals surface area contributed by atoms with Crippen LogP contribution in [0, 0.1) is 0 Å². The van der Waals surface area contributed by atoms with E-state index >= 15 is 0 Å². The molecule has 0 amide bonds. The predicted octanol–water partition coefficient (Wildman–Crippen LogP) is 1.68. The number of hydrogen-bond acceptors (Lipinski definition) is 2. The van der Waals surface area contributed by atoms with Crippen LogP contribution in [0.5, 0.6) is 0 Å². The van der Waals surface area contributed by atoms with Gasteiger partial charge in [0, 0.05) is 0 Å². The van der Waals surface area contributed by atoms with Crippen molar-refractivity contribution < 1.29 is 4.79 Å². The van der Waals surface area contributed by atoms with E-state index in [2.05, 4.69) is 4.99 Å². The fourth-order valence-corrected chi connectivity index (χ4v) is 0.422. The van der Waals surface area contributed by atoms with Crippen LogP contribution in [0.2, 0.25) is 0 Å². The van der Waals surface area contributed by atoms with E-state index in [9.17, 15) is 4.79 Å². The predicted molar refractivity (Wildman–Crippen MR) is 37.0 cm³/mol. The van der Waals surface area contributed by atoms with Gasteiger partial charge in [0.25, 0.3) is 0 Å². The molecule has 0 saturated heterocycles. The van der Waals surface area contributed by atoms with Crippen LogP contribution in [0.1, 0.15) is 20.3 Å². The van der Waals surface area contributed by atoms with E-state index in [1.54, 1.807) is 0 Å². The lowest BCUT2D eigenvalue weighted by Gasteiger charge is -1.91. The van der Waals surface area contributed by atoms with Gasteiger partial charge in [-0.05, 0) is 20.3 Å². The Bertz CT molecular complexity index is 143. The van der Waals surface area contributed by atoms with Gasteiger partial charge < -0.3 is 0 Å². The minimum atomic E-state index is 0.569. The third-order valence-electron chi connectivity index (χ3n) is 1.18. The van der Waals surface area contributed by atoms with E-state index < -0.39 is 0 Å². The van der Waals surface area contributed by atoms with Gasteiger partial charge in [-0.15, -0.1) is 0 Å². The number of nitrogens with zero attached hydrogens (tertiary/aromatic N) is 1. The van der Waals surface area contributed by atoms with Crippen molar-refractivity contribution in [2.45, 2.75) is 20.3 Å². The van der Waals surface area contributed by atoms with E-state index in [0.717, 1.165) is 6.42 Å². The second-order valence-electron chi connectivity index (χ2n) is 1.86. The summed E-state index contributed by atoms with van der Waals surface area (Å²) in [5, 5.41) is 0. The maximum absolute atomic E-state index is 9.56. The first-order valence-electron chi connectivity index (χ1n) is 2.96. The topological polar surface area (TPSA) is 29.4 Å². The fraction of sp³-hybridized carbons (Fsp3) is 0.571. The zero-order chi connectivity index (χ0) is 7.11.